The highest BCUT2D eigenvalue weighted by atomic mass is 16.3. The van der Waals surface area contributed by atoms with E-state index in [0.29, 0.717) is 5.92 Å². The fourth-order valence-corrected chi connectivity index (χ4v) is 3.12. The van der Waals surface area contributed by atoms with Crippen molar-refractivity contribution in [1.82, 2.24) is 4.98 Å². The van der Waals surface area contributed by atoms with Gasteiger partial charge in [0.25, 0.3) is 0 Å². The number of benzene rings is 1. The normalized spacial score (nSPS) is 17.7. The Morgan fingerprint density at radius 1 is 1.05 bits per heavy atom. The summed E-state index contributed by atoms with van der Waals surface area (Å²) in [6.07, 6.45) is 6.32. The number of hydrogen-bond acceptors (Lipinski definition) is 3. The highest BCUT2D eigenvalue weighted by molar-refractivity contribution is 5.44. The van der Waals surface area contributed by atoms with Crippen molar-refractivity contribution in [1.29, 1.82) is 0 Å². The first-order valence-corrected chi connectivity index (χ1v) is 7.70. The molecule has 110 valence electrons. The molecule has 1 aromatic heterocycles. The van der Waals surface area contributed by atoms with E-state index >= 15 is 0 Å². The maximum absolute atomic E-state index is 10.5. The maximum Gasteiger partial charge on any atom is 0.0610 e. The van der Waals surface area contributed by atoms with E-state index in [-0.39, 0.29) is 6.10 Å². The first-order valence-electron chi connectivity index (χ1n) is 7.70. The molecule has 1 fully saturated rings. The summed E-state index contributed by atoms with van der Waals surface area (Å²) in [5.41, 5.74) is 2.46. The third-order valence-corrected chi connectivity index (χ3v) is 4.40. The number of rotatable bonds is 4. The molecule has 21 heavy (non-hydrogen) atoms. The Labute approximate surface area is 126 Å². The van der Waals surface area contributed by atoms with E-state index in [2.05, 4.69) is 34.1 Å². The van der Waals surface area contributed by atoms with Crippen molar-refractivity contribution < 1.29 is 5.11 Å². The molecule has 0 spiro atoms. The quantitative estimate of drug-likeness (QED) is 0.936. The van der Waals surface area contributed by atoms with Crippen molar-refractivity contribution in [3.05, 3.63) is 60.4 Å². The van der Waals surface area contributed by atoms with Gasteiger partial charge >= 0.3 is 0 Å². The highest BCUT2D eigenvalue weighted by Crippen LogP contribution is 2.26. The van der Waals surface area contributed by atoms with Crippen LogP contribution in [-0.4, -0.2) is 29.3 Å². The van der Waals surface area contributed by atoms with Crippen molar-refractivity contribution in [2.75, 3.05) is 18.0 Å². The Morgan fingerprint density at radius 3 is 2.38 bits per heavy atom. The van der Waals surface area contributed by atoms with E-state index in [1.54, 1.807) is 0 Å². The summed E-state index contributed by atoms with van der Waals surface area (Å²) in [6.45, 7) is 2.03. The Kier molecular flexibility index (Phi) is 4.51. The molecule has 0 amide bonds. The van der Waals surface area contributed by atoms with Crippen LogP contribution in [-0.2, 0) is 6.42 Å². The van der Waals surface area contributed by atoms with E-state index in [1.807, 2.05) is 30.6 Å². The molecule has 0 unspecified atom stereocenters. The molecule has 1 aliphatic heterocycles. The average Bonchev–Trinajstić information content (AvgIpc) is 2.57. The zero-order valence-electron chi connectivity index (χ0n) is 12.2. The number of aliphatic hydroxyl groups excluding tert-OH is 1. The van der Waals surface area contributed by atoms with E-state index < -0.39 is 0 Å². The molecule has 1 aliphatic rings. The van der Waals surface area contributed by atoms with Crippen LogP contribution in [0.3, 0.4) is 0 Å². The number of nitrogens with zero attached hydrogens (tertiary/aromatic N) is 2. The van der Waals surface area contributed by atoms with Gasteiger partial charge in [-0.15, -0.1) is 0 Å². The summed E-state index contributed by atoms with van der Waals surface area (Å²) < 4.78 is 0. The van der Waals surface area contributed by atoms with Gasteiger partial charge in [0, 0.05) is 31.2 Å². The predicted octanol–water partition coefficient (Wildman–Crippen LogP) is 2.90. The van der Waals surface area contributed by atoms with Gasteiger partial charge in [0.1, 0.15) is 0 Å². The van der Waals surface area contributed by atoms with Crippen LogP contribution in [0.5, 0.6) is 0 Å². The predicted molar refractivity (Wildman–Crippen MR) is 85.3 cm³/mol. The second-order valence-electron chi connectivity index (χ2n) is 5.79. The molecule has 3 rings (SSSR count). The second kappa shape index (κ2) is 6.72. The molecule has 0 bridgehead atoms. The van der Waals surface area contributed by atoms with Gasteiger partial charge < -0.3 is 10.0 Å². The Bertz CT molecular complexity index is 536. The third-order valence-electron chi connectivity index (χ3n) is 4.40. The molecule has 2 heterocycles. The summed E-state index contributed by atoms with van der Waals surface area (Å²) >= 11 is 0. The van der Waals surface area contributed by atoms with Crippen LogP contribution in [0.2, 0.25) is 0 Å². The van der Waals surface area contributed by atoms with E-state index in [9.17, 15) is 5.11 Å². The largest absolute Gasteiger partial charge is 0.392 e. The summed E-state index contributed by atoms with van der Waals surface area (Å²) in [5, 5.41) is 10.5. The van der Waals surface area contributed by atoms with Crippen molar-refractivity contribution in [3.63, 3.8) is 0 Å². The van der Waals surface area contributed by atoms with Gasteiger partial charge in [-0.05, 0) is 42.9 Å². The minimum atomic E-state index is -0.230. The first kappa shape index (κ1) is 14.1. The van der Waals surface area contributed by atoms with Crippen LogP contribution in [0.4, 0.5) is 5.69 Å². The fraction of sp³-hybridized carbons (Fsp3) is 0.389. The Balaban J connectivity index is 1.53. The zero-order valence-corrected chi connectivity index (χ0v) is 12.2. The van der Waals surface area contributed by atoms with Gasteiger partial charge in [0.05, 0.1) is 6.10 Å². The lowest BCUT2D eigenvalue weighted by Crippen LogP contribution is -2.38. The van der Waals surface area contributed by atoms with Crippen LogP contribution in [0.1, 0.15) is 18.4 Å². The van der Waals surface area contributed by atoms with Crippen LogP contribution in [0, 0.1) is 5.92 Å². The third kappa shape index (κ3) is 3.61. The Hall–Kier alpha value is -1.87. The van der Waals surface area contributed by atoms with Gasteiger partial charge in [-0.1, -0.05) is 30.3 Å². The monoisotopic (exact) mass is 282 g/mol. The van der Waals surface area contributed by atoms with E-state index in [4.69, 9.17) is 0 Å². The van der Waals surface area contributed by atoms with Crippen molar-refractivity contribution in [2.24, 2.45) is 5.92 Å². The minimum Gasteiger partial charge on any atom is -0.392 e. The molecule has 2 aromatic rings. The SMILES string of the molecule is O[C@@H](Cc1ccccc1)C1CCN(c2ccncc2)CC1. The average molecular weight is 282 g/mol. The van der Waals surface area contributed by atoms with Gasteiger partial charge in [-0.2, -0.15) is 0 Å². The highest BCUT2D eigenvalue weighted by Gasteiger charge is 2.25. The number of anilines is 1. The molecule has 0 saturated carbocycles. The molecule has 1 atom stereocenters. The fourth-order valence-electron chi connectivity index (χ4n) is 3.12. The molecule has 1 aromatic carbocycles. The van der Waals surface area contributed by atoms with Crippen LogP contribution in [0.15, 0.2) is 54.9 Å². The molecule has 0 radical (unpaired) electrons. The maximum atomic E-state index is 10.5. The topological polar surface area (TPSA) is 36.4 Å². The number of piperidine rings is 1. The standard InChI is InChI=1S/C18H22N2O/c21-18(14-15-4-2-1-3-5-15)16-8-12-20(13-9-16)17-6-10-19-11-7-17/h1-7,10-11,16,18,21H,8-9,12-14H2/t18-/m0/s1. The van der Waals surface area contributed by atoms with Gasteiger partial charge in [-0.3, -0.25) is 4.98 Å². The van der Waals surface area contributed by atoms with E-state index in [0.717, 1.165) is 32.4 Å². The Morgan fingerprint density at radius 2 is 1.71 bits per heavy atom. The number of aliphatic hydroxyl groups is 1. The van der Waals surface area contributed by atoms with Gasteiger partial charge in [0.2, 0.25) is 0 Å². The molecule has 3 heteroatoms. The summed E-state index contributed by atoms with van der Waals surface area (Å²) in [6, 6.07) is 14.4. The van der Waals surface area contributed by atoms with Crippen molar-refractivity contribution >= 4 is 5.69 Å². The molecule has 0 aliphatic carbocycles. The van der Waals surface area contributed by atoms with Gasteiger partial charge in [-0.25, -0.2) is 0 Å². The molecule has 1 saturated heterocycles. The van der Waals surface area contributed by atoms with Gasteiger partial charge in [0.15, 0.2) is 0 Å². The molecule has 3 nitrogen and oxygen atoms in total. The summed E-state index contributed by atoms with van der Waals surface area (Å²) in [7, 11) is 0. The number of hydrogen-bond donors (Lipinski definition) is 1. The first-order chi connectivity index (χ1) is 10.3. The molecular formula is C18H22N2O. The zero-order chi connectivity index (χ0) is 14.5. The van der Waals surface area contributed by atoms with Crippen LogP contribution in [0.25, 0.3) is 0 Å². The summed E-state index contributed by atoms with van der Waals surface area (Å²) in [4.78, 5) is 6.45. The number of aromatic nitrogens is 1. The molecule has 1 N–H and O–H groups in total. The smallest absolute Gasteiger partial charge is 0.0610 e. The lowest BCUT2D eigenvalue weighted by Gasteiger charge is -2.35. The second-order valence-corrected chi connectivity index (χ2v) is 5.79. The van der Waals surface area contributed by atoms with E-state index in [1.165, 1.54) is 11.3 Å². The van der Waals surface area contributed by atoms with Crippen LogP contribution < -0.4 is 4.90 Å². The number of pyridine rings is 1. The lowest BCUT2D eigenvalue weighted by atomic mass is 9.88. The van der Waals surface area contributed by atoms with Crippen LogP contribution >= 0.6 is 0 Å². The minimum absolute atomic E-state index is 0.230. The van der Waals surface area contributed by atoms with Crippen molar-refractivity contribution in [3.8, 4) is 0 Å². The van der Waals surface area contributed by atoms with Crippen molar-refractivity contribution in [2.45, 2.75) is 25.4 Å². The molecular weight excluding hydrogens is 260 g/mol. The summed E-state index contributed by atoms with van der Waals surface area (Å²) in [5.74, 6) is 0.406. The lowest BCUT2D eigenvalue weighted by molar-refractivity contribution is 0.0930.